The van der Waals surface area contributed by atoms with Gasteiger partial charge in [-0.1, -0.05) is 37.6 Å². The fraction of sp³-hybridized carbons (Fsp3) is 0.300. The van der Waals surface area contributed by atoms with Gasteiger partial charge in [-0.15, -0.1) is 0 Å². The molecule has 1 atom stereocenters. The number of nitrogens with two attached hydrogens (primary N) is 1. The topological polar surface area (TPSA) is 58.3 Å². The Morgan fingerprint density at radius 3 is 2.62 bits per heavy atom. The Bertz CT molecular complexity index is 742. The molecule has 4 N–H and O–H groups in total. The third kappa shape index (κ3) is 4.04. The van der Waals surface area contributed by atoms with E-state index in [0.717, 1.165) is 29.1 Å². The fourth-order valence-electron chi connectivity index (χ4n) is 2.83. The number of aromatic hydroxyl groups is 1. The first-order valence-electron chi connectivity index (χ1n) is 8.12. The maximum atomic E-state index is 9.95. The molecule has 3 nitrogen and oxygen atoms in total. The minimum Gasteiger partial charge on any atom is -0.507 e. The second kappa shape index (κ2) is 7.63. The van der Waals surface area contributed by atoms with Gasteiger partial charge in [0, 0.05) is 35.1 Å². The standard InChI is InChI=1S/C20H25ClN2O/c1-4-20(2,17-12-15(21)8-10-18(17)23-3)11-5-6-14-7-9-16(22)13-19(14)24/h5-10,12-13,23-24H,4,11,22H2,1-3H3/b6-5+. The highest BCUT2D eigenvalue weighted by Crippen LogP contribution is 2.38. The number of phenols is 1. The lowest BCUT2D eigenvalue weighted by Gasteiger charge is -2.30. The molecule has 0 aliphatic rings. The van der Waals surface area contributed by atoms with Gasteiger partial charge < -0.3 is 16.2 Å². The van der Waals surface area contributed by atoms with Gasteiger partial charge in [0.1, 0.15) is 5.75 Å². The van der Waals surface area contributed by atoms with E-state index in [2.05, 4.69) is 25.2 Å². The number of anilines is 2. The summed E-state index contributed by atoms with van der Waals surface area (Å²) in [7, 11) is 1.92. The fourth-order valence-corrected chi connectivity index (χ4v) is 3.00. The predicted molar refractivity (Wildman–Crippen MR) is 105 cm³/mol. The van der Waals surface area contributed by atoms with Crippen LogP contribution in [0, 0.1) is 0 Å². The number of nitrogen functional groups attached to an aromatic ring is 1. The summed E-state index contributed by atoms with van der Waals surface area (Å²) >= 11 is 6.21. The summed E-state index contributed by atoms with van der Waals surface area (Å²) in [6.45, 7) is 4.40. The molecule has 0 spiro atoms. The zero-order valence-corrected chi connectivity index (χ0v) is 15.2. The normalized spacial score (nSPS) is 13.8. The van der Waals surface area contributed by atoms with Gasteiger partial charge in [0.2, 0.25) is 0 Å². The smallest absolute Gasteiger partial charge is 0.124 e. The van der Waals surface area contributed by atoms with E-state index >= 15 is 0 Å². The molecule has 0 bridgehead atoms. The summed E-state index contributed by atoms with van der Waals surface area (Å²) in [6, 6.07) is 11.1. The van der Waals surface area contributed by atoms with E-state index in [-0.39, 0.29) is 11.2 Å². The van der Waals surface area contributed by atoms with Crippen molar-refractivity contribution >= 4 is 29.1 Å². The van der Waals surface area contributed by atoms with Crippen LogP contribution in [0.25, 0.3) is 6.08 Å². The van der Waals surface area contributed by atoms with Gasteiger partial charge in [0.15, 0.2) is 0 Å². The molecule has 0 amide bonds. The molecule has 0 aliphatic carbocycles. The summed E-state index contributed by atoms with van der Waals surface area (Å²) in [4.78, 5) is 0. The number of nitrogens with one attached hydrogen (secondary N) is 1. The van der Waals surface area contributed by atoms with E-state index in [1.807, 2.05) is 37.4 Å². The molecule has 0 heterocycles. The Hall–Kier alpha value is -2.13. The van der Waals surface area contributed by atoms with Crippen LogP contribution < -0.4 is 11.1 Å². The highest BCUT2D eigenvalue weighted by Gasteiger charge is 2.26. The third-order valence-electron chi connectivity index (χ3n) is 4.60. The van der Waals surface area contributed by atoms with Crippen LogP contribution in [0.15, 0.2) is 42.5 Å². The Balaban J connectivity index is 2.27. The van der Waals surface area contributed by atoms with Crippen LogP contribution in [0.2, 0.25) is 5.02 Å². The Morgan fingerprint density at radius 2 is 2.00 bits per heavy atom. The SMILES string of the molecule is CCC(C)(C/C=C/c1ccc(N)cc1O)c1cc(Cl)ccc1NC. The number of benzene rings is 2. The van der Waals surface area contributed by atoms with Crippen molar-refractivity contribution in [3.05, 3.63) is 58.6 Å². The lowest BCUT2D eigenvalue weighted by atomic mass is 9.76. The molecule has 24 heavy (non-hydrogen) atoms. The number of allylic oxidation sites excluding steroid dienone is 1. The van der Waals surface area contributed by atoms with Crippen LogP contribution in [0.5, 0.6) is 5.75 Å². The minimum atomic E-state index is -0.0524. The van der Waals surface area contributed by atoms with E-state index in [9.17, 15) is 5.11 Å². The van der Waals surface area contributed by atoms with Crippen LogP contribution in [-0.4, -0.2) is 12.2 Å². The molecular weight excluding hydrogens is 320 g/mol. The van der Waals surface area contributed by atoms with Crippen molar-refractivity contribution in [3.63, 3.8) is 0 Å². The van der Waals surface area contributed by atoms with Crippen molar-refractivity contribution in [1.82, 2.24) is 0 Å². The van der Waals surface area contributed by atoms with Crippen LogP contribution in [0.4, 0.5) is 11.4 Å². The molecule has 2 aromatic rings. The molecule has 0 aromatic heterocycles. The van der Waals surface area contributed by atoms with Gasteiger partial charge >= 0.3 is 0 Å². The summed E-state index contributed by atoms with van der Waals surface area (Å²) < 4.78 is 0. The van der Waals surface area contributed by atoms with Crippen LogP contribution in [0.1, 0.15) is 37.8 Å². The molecule has 2 rings (SSSR count). The molecule has 2 aromatic carbocycles. The largest absolute Gasteiger partial charge is 0.507 e. The molecule has 0 saturated heterocycles. The molecule has 0 fully saturated rings. The number of rotatable bonds is 6. The quantitative estimate of drug-likeness (QED) is 0.611. The van der Waals surface area contributed by atoms with Crippen LogP contribution >= 0.6 is 11.6 Å². The Morgan fingerprint density at radius 1 is 1.25 bits per heavy atom. The van der Waals surface area contributed by atoms with Gasteiger partial charge in [-0.3, -0.25) is 0 Å². The zero-order chi connectivity index (χ0) is 17.7. The summed E-state index contributed by atoms with van der Waals surface area (Å²) in [6.07, 6.45) is 5.84. The zero-order valence-electron chi connectivity index (χ0n) is 14.4. The van der Waals surface area contributed by atoms with Gasteiger partial charge in [-0.25, -0.2) is 0 Å². The molecule has 1 unspecified atom stereocenters. The first kappa shape index (κ1) is 18.2. The van der Waals surface area contributed by atoms with E-state index in [0.29, 0.717) is 5.69 Å². The average molecular weight is 345 g/mol. The van der Waals surface area contributed by atoms with Crippen LogP contribution in [0.3, 0.4) is 0 Å². The molecule has 0 radical (unpaired) electrons. The predicted octanol–water partition coefficient (Wildman–Crippen LogP) is 5.44. The Labute approximate surface area is 149 Å². The summed E-state index contributed by atoms with van der Waals surface area (Å²) in [5.74, 6) is 0.197. The monoisotopic (exact) mass is 344 g/mol. The van der Waals surface area contributed by atoms with Crippen molar-refractivity contribution in [2.24, 2.45) is 0 Å². The van der Waals surface area contributed by atoms with Crippen molar-refractivity contribution in [1.29, 1.82) is 0 Å². The number of hydrogen-bond acceptors (Lipinski definition) is 3. The van der Waals surface area contributed by atoms with E-state index in [4.69, 9.17) is 17.3 Å². The van der Waals surface area contributed by atoms with Gasteiger partial charge in [-0.05, 0) is 54.2 Å². The lowest BCUT2D eigenvalue weighted by molar-refractivity contribution is 0.462. The summed E-state index contributed by atoms with van der Waals surface area (Å²) in [5, 5.41) is 13.9. The van der Waals surface area contributed by atoms with E-state index in [1.54, 1.807) is 12.1 Å². The average Bonchev–Trinajstić information content (AvgIpc) is 2.56. The number of halogens is 1. The van der Waals surface area contributed by atoms with E-state index < -0.39 is 0 Å². The van der Waals surface area contributed by atoms with Gasteiger partial charge in [0.25, 0.3) is 0 Å². The molecule has 128 valence electrons. The van der Waals surface area contributed by atoms with Crippen molar-refractivity contribution in [3.8, 4) is 5.75 Å². The van der Waals surface area contributed by atoms with Gasteiger partial charge in [0.05, 0.1) is 0 Å². The molecule has 0 aliphatic heterocycles. The molecular formula is C20H25ClN2O. The first-order valence-corrected chi connectivity index (χ1v) is 8.50. The van der Waals surface area contributed by atoms with Crippen molar-refractivity contribution in [2.75, 3.05) is 18.1 Å². The lowest BCUT2D eigenvalue weighted by Crippen LogP contribution is -2.21. The third-order valence-corrected chi connectivity index (χ3v) is 4.84. The summed E-state index contributed by atoms with van der Waals surface area (Å²) in [5.41, 5.74) is 9.23. The number of phenolic OH excluding ortho intramolecular Hbond substituents is 1. The number of hydrogen-bond donors (Lipinski definition) is 3. The van der Waals surface area contributed by atoms with Crippen LogP contribution in [-0.2, 0) is 5.41 Å². The second-order valence-corrected chi connectivity index (χ2v) is 6.72. The molecule has 4 heteroatoms. The molecule has 0 saturated carbocycles. The van der Waals surface area contributed by atoms with Crippen molar-refractivity contribution < 1.29 is 5.11 Å². The highest BCUT2D eigenvalue weighted by atomic mass is 35.5. The highest BCUT2D eigenvalue weighted by molar-refractivity contribution is 6.30. The maximum Gasteiger partial charge on any atom is 0.124 e. The first-order chi connectivity index (χ1) is 11.4. The second-order valence-electron chi connectivity index (χ2n) is 6.28. The maximum absolute atomic E-state index is 9.95. The minimum absolute atomic E-state index is 0.0524. The van der Waals surface area contributed by atoms with E-state index in [1.165, 1.54) is 5.56 Å². The Kier molecular flexibility index (Phi) is 5.79. The van der Waals surface area contributed by atoms with Crippen molar-refractivity contribution in [2.45, 2.75) is 32.1 Å². The van der Waals surface area contributed by atoms with Gasteiger partial charge in [-0.2, -0.15) is 0 Å².